The molecular weight excluding hydrogens is 572 g/mol. The zero-order valence-electron chi connectivity index (χ0n) is 20.9. The summed E-state index contributed by atoms with van der Waals surface area (Å²) in [6.07, 6.45) is 2.03. The molecule has 1 fully saturated rings. The standard InChI is InChI=1S/C31H25BrN4O2S/c32-22-13-11-21(12-14-22)26-15-16-27(38-26)30-29(25-9-3-4-18-33-25)35-31(39)36(30)19-17-28(37)34-24-10-5-7-20-6-1-2-8-23(20)24/h1-16,18,29-30H,17,19H2,(H,34,37)(H,35,39)/t29-,30+/m1/s1. The molecule has 0 bridgehead atoms. The van der Waals surface area contributed by atoms with Crippen molar-refractivity contribution in [3.8, 4) is 11.3 Å². The number of furan rings is 1. The largest absolute Gasteiger partial charge is 0.459 e. The van der Waals surface area contributed by atoms with Crippen molar-refractivity contribution in [2.45, 2.75) is 18.5 Å². The van der Waals surface area contributed by atoms with Crippen LogP contribution in [-0.4, -0.2) is 27.4 Å². The zero-order chi connectivity index (χ0) is 26.8. The molecule has 0 spiro atoms. The van der Waals surface area contributed by atoms with Crippen molar-refractivity contribution in [1.29, 1.82) is 0 Å². The van der Waals surface area contributed by atoms with Gasteiger partial charge in [0.2, 0.25) is 5.91 Å². The third-order valence-electron chi connectivity index (χ3n) is 6.89. The van der Waals surface area contributed by atoms with E-state index in [1.54, 1.807) is 6.20 Å². The van der Waals surface area contributed by atoms with E-state index in [2.05, 4.69) is 31.5 Å². The number of carbonyl (C=O) groups excluding carboxylic acids is 1. The van der Waals surface area contributed by atoms with Crippen molar-refractivity contribution in [3.05, 3.63) is 119 Å². The summed E-state index contributed by atoms with van der Waals surface area (Å²) in [6.45, 7) is 0.421. The van der Waals surface area contributed by atoms with Crippen molar-refractivity contribution in [3.63, 3.8) is 0 Å². The Bertz CT molecular complexity index is 1630. The van der Waals surface area contributed by atoms with Gasteiger partial charge in [0.25, 0.3) is 0 Å². The summed E-state index contributed by atoms with van der Waals surface area (Å²) in [5.74, 6) is 1.44. The number of rotatable bonds is 7. The van der Waals surface area contributed by atoms with Gasteiger partial charge in [-0.15, -0.1) is 0 Å². The summed E-state index contributed by atoms with van der Waals surface area (Å²) in [4.78, 5) is 19.7. The lowest BCUT2D eigenvalue weighted by molar-refractivity contribution is -0.116. The molecule has 39 heavy (non-hydrogen) atoms. The second-order valence-corrected chi connectivity index (χ2v) is 10.7. The molecule has 0 unspecified atom stereocenters. The van der Waals surface area contributed by atoms with Gasteiger partial charge in [-0.2, -0.15) is 0 Å². The third-order valence-corrected chi connectivity index (χ3v) is 7.77. The number of nitrogens with zero attached hydrogens (tertiary/aromatic N) is 2. The summed E-state index contributed by atoms with van der Waals surface area (Å²) in [6, 6.07) is 31.2. The molecule has 5 aromatic rings. The number of anilines is 1. The van der Waals surface area contributed by atoms with Crippen LogP contribution < -0.4 is 10.6 Å². The van der Waals surface area contributed by atoms with E-state index >= 15 is 0 Å². The highest BCUT2D eigenvalue weighted by Crippen LogP contribution is 2.40. The van der Waals surface area contributed by atoms with Gasteiger partial charge in [0, 0.05) is 40.3 Å². The minimum absolute atomic E-state index is 0.0795. The van der Waals surface area contributed by atoms with Gasteiger partial charge < -0.3 is 20.0 Å². The Balaban J connectivity index is 1.25. The highest BCUT2D eigenvalue weighted by Gasteiger charge is 2.41. The number of nitrogens with one attached hydrogen (secondary N) is 2. The van der Waals surface area contributed by atoms with Crippen LogP contribution in [0.1, 0.15) is 30.0 Å². The first-order valence-corrected chi connectivity index (χ1v) is 13.9. The van der Waals surface area contributed by atoms with Crippen molar-refractivity contribution < 1.29 is 9.21 Å². The fourth-order valence-corrected chi connectivity index (χ4v) is 5.60. The van der Waals surface area contributed by atoms with Gasteiger partial charge in [0.05, 0.1) is 11.7 Å². The van der Waals surface area contributed by atoms with Crippen LogP contribution in [-0.2, 0) is 4.79 Å². The molecule has 194 valence electrons. The second kappa shape index (κ2) is 11.0. The Morgan fingerprint density at radius 3 is 2.59 bits per heavy atom. The molecule has 2 aromatic heterocycles. The molecule has 0 radical (unpaired) electrons. The number of carbonyl (C=O) groups is 1. The molecule has 1 aliphatic heterocycles. The molecule has 2 N–H and O–H groups in total. The normalized spacial score (nSPS) is 16.8. The topological polar surface area (TPSA) is 70.4 Å². The Morgan fingerprint density at radius 2 is 1.77 bits per heavy atom. The summed E-state index contributed by atoms with van der Waals surface area (Å²) < 4.78 is 7.40. The maximum absolute atomic E-state index is 13.1. The van der Waals surface area contributed by atoms with Crippen LogP contribution in [0.2, 0.25) is 0 Å². The third kappa shape index (κ3) is 5.30. The van der Waals surface area contributed by atoms with E-state index in [0.717, 1.165) is 43.7 Å². The summed E-state index contributed by atoms with van der Waals surface area (Å²) in [5.41, 5.74) is 2.64. The highest BCUT2D eigenvalue weighted by atomic mass is 79.9. The number of benzene rings is 3. The lowest BCUT2D eigenvalue weighted by Gasteiger charge is -2.26. The number of aromatic nitrogens is 1. The molecule has 3 aromatic carbocycles. The summed E-state index contributed by atoms with van der Waals surface area (Å²) in [7, 11) is 0. The first-order chi connectivity index (χ1) is 19.1. The van der Waals surface area contributed by atoms with Gasteiger partial charge in [0.15, 0.2) is 5.11 Å². The monoisotopic (exact) mass is 596 g/mol. The molecule has 0 aliphatic carbocycles. The number of amides is 1. The molecule has 6 nitrogen and oxygen atoms in total. The zero-order valence-corrected chi connectivity index (χ0v) is 23.3. The number of halogens is 1. The smallest absolute Gasteiger partial charge is 0.226 e. The maximum Gasteiger partial charge on any atom is 0.226 e. The van der Waals surface area contributed by atoms with E-state index < -0.39 is 0 Å². The lowest BCUT2D eigenvalue weighted by atomic mass is 10.0. The quantitative estimate of drug-likeness (QED) is 0.193. The van der Waals surface area contributed by atoms with Crippen LogP contribution in [0.5, 0.6) is 0 Å². The van der Waals surface area contributed by atoms with Crippen molar-refractivity contribution >= 4 is 55.6 Å². The fourth-order valence-electron chi connectivity index (χ4n) is 5.01. The lowest BCUT2D eigenvalue weighted by Crippen LogP contribution is -2.32. The highest BCUT2D eigenvalue weighted by molar-refractivity contribution is 9.10. The van der Waals surface area contributed by atoms with Gasteiger partial charge in [0.1, 0.15) is 17.6 Å². The summed E-state index contributed by atoms with van der Waals surface area (Å²) in [5, 5.41) is 9.16. The molecule has 8 heteroatoms. The number of pyridine rings is 1. The molecule has 1 saturated heterocycles. The average Bonchev–Trinajstić information content (AvgIpc) is 3.57. The van der Waals surface area contributed by atoms with E-state index in [-0.39, 0.29) is 24.4 Å². The van der Waals surface area contributed by atoms with Crippen molar-refractivity contribution in [2.24, 2.45) is 0 Å². The number of thiocarbonyl (C=S) groups is 1. The van der Waals surface area contributed by atoms with Crippen LogP contribution in [0.25, 0.3) is 22.1 Å². The fraction of sp³-hybridized carbons (Fsp3) is 0.129. The Labute approximate surface area is 240 Å². The van der Waals surface area contributed by atoms with Crippen LogP contribution >= 0.6 is 28.1 Å². The molecular formula is C31H25BrN4O2S. The Morgan fingerprint density at radius 1 is 0.974 bits per heavy atom. The van der Waals surface area contributed by atoms with Crippen molar-refractivity contribution in [1.82, 2.24) is 15.2 Å². The molecule has 1 amide bonds. The van der Waals surface area contributed by atoms with Crippen LogP contribution in [0.15, 0.2) is 112 Å². The molecule has 2 atom stereocenters. The van der Waals surface area contributed by atoms with Gasteiger partial charge in [-0.25, -0.2) is 0 Å². The maximum atomic E-state index is 13.1. The minimum atomic E-state index is -0.262. The number of hydrogen-bond donors (Lipinski definition) is 2. The predicted octanol–water partition coefficient (Wildman–Crippen LogP) is 7.26. The van der Waals surface area contributed by atoms with Gasteiger partial charge in [-0.05, 0) is 60.1 Å². The molecule has 6 rings (SSSR count). The van der Waals surface area contributed by atoms with E-state index in [9.17, 15) is 4.79 Å². The van der Waals surface area contributed by atoms with Gasteiger partial charge >= 0.3 is 0 Å². The van der Waals surface area contributed by atoms with E-state index in [0.29, 0.717) is 11.7 Å². The van der Waals surface area contributed by atoms with E-state index in [4.69, 9.17) is 16.6 Å². The molecule has 0 saturated carbocycles. The molecule has 1 aliphatic rings. The minimum Gasteiger partial charge on any atom is -0.459 e. The Hall–Kier alpha value is -4.01. The Kier molecular flexibility index (Phi) is 7.13. The SMILES string of the molecule is O=C(CCN1C(=S)N[C@H](c2ccccn2)[C@@H]1c1ccc(-c2ccc(Br)cc2)o1)Nc1cccc2ccccc12. The first kappa shape index (κ1) is 25.3. The van der Waals surface area contributed by atoms with Crippen LogP contribution in [0.3, 0.4) is 0 Å². The first-order valence-electron chi connectivity index (χ1n) is 12.7. The second-order valence-electron chi connectivity index (χ2n) is 9.35. The van der Waals surface area contributed by atoms with Gasteiger partial charge in [-0.3, -0.25) is 9.78 Å². The molecule has 3 heterocycles. The van der Waals surface area contributed by atoms with Crippen molar-refractivity contribution in [2.75, 3.05) is 11.9 Å². The van der Waals surface area contributed by atoms with Gasteiger partial charge in [-0.1, -0.05) is 70.5 Å². The van der Waals surface area contributed by atoms with E-state index in [1.165, 1.54) is 0 Å². The van der Waals surface area contributed by atoms with Crippen LogP contribution in [0, 0.1) is 0 Å². The average molecular weight is 598 g/mol. The van der Waals surface area contributed by atoms with Crippen LogP contribution in [0.4, 0.5) is 5.69 Å². The summed E-state index contributed by atoms with van der Waals surface area (Å²) >= 11 is 9.25. The number of hydrogen-bond acceptors (Lipinski definition) is 4. The van der Waals surface area contributed by atoms with E-state index in [1.807, 2.05) is 102 Å². The predicted molar refractivity (Wildman–Crippen MR) is 161 cm³/mol. The number of fused-ring (bicyclic) bond motifs is 1.